The second-order valence-electron chi connectivity index (χ2n) is 2.40. The molecule has 0 aliphatic rings. The number of hydrogen-bond acceptors (Lipinski definition) is 2. The lowest BCUT2D eigenvalue weighted by atomic mass is 10.1. The lowest BCUT2D eigenvalue weighted by Gasteiger charge is -2.09. The molecule has 5 heteroatoms. The summed E-state index contributed by atoms with van der Waals surface area (Å²) in [7, 11) is 1.48. The first-order valence-corrected chi connectivity index (χ1v) is 3.80. The molecule has 3 N–H and O–H groups in total. The van der Waals surface area contributed by atoms with E-state index in [0.717, 1.165) is 0 Å². The molecule has 0 heterocycles. The van der Waals surface area contributed by atoms with Gasteiger partial charge in [0.05, 0.1) is 5.92 Å². The first-order chi connectivity index (χ1) is 5.61. The van der Waals surface area contributed by atoms with Gasteiger partial charge < -0.3 is 15.7 Å². The number of carbonyl (C=O) groups excluding carboxylic acids is 1. The smallest absolute Gasteiger partial charge is 0.314 e. The fraction of sp³-hybridized carbons (Fsp3) is 0.714. The van der Waals surface area contributed by atoms with Crippen molar-refractivity contribution in [2.75, 3.05) is 13.6 Å². The predicted octanol–water partition coefficient (Wildman–Crippen LogP) is 0.0262. The first-order valence-electron chi connectivity index (χ1n) is 3.80. The molecule has 2 amide bonds. The molecule has 5 nitrogen and oxygen atoms in total. The summed E-state index contributed by atoms with van der Waals surface area (Å²) in [6, 6.07) is -0.352. The standard InChI is InChI=1S/C7H14N2O3/c1-3-5(6(10)11)4-9-7(12)8-2/h5H,3-4H2,1-2H3,(H,10,11)(H2,8,9,12). The number of hydrogen-bond donors (Lipinski definition) is 3. The average Bonchev–Trinajstić information content (AvgIpc) is 2.04. The summed E-state index contributed by atoms with van der Waals surface area (Å²) >= 11 is 0. The van der Waals surface area contributed by atoms with E-state index in [4.69, 9.17) is 5.11 Å². The van der Waals surface area contributed by atoms with Gasteiger partial charge in [-0.1, -0.05) is 6.92 Å². The fourth-order valence-electron chi connectivity index (χ4n) is 0.711. The molecule has 0 saturated heterocycles. The first kappa shape index (κ1) is 10.7. The quantitative estimate of drug-likeness (QED) is 0.562. The topological polar surface area (TPSA) is 78.4 Å². The van der Waals surface area contributed by atoms with Crippen LogP contribution in [0.25, 0.3) is 0 Å². The van der Waals surface area contributed by atoms with Crippen molar-refractivity contribution < 1.29 is 14.7 Å². The van der Waals surface area contributed by atoms with E-state index in [1.165, 1.54) is 7.05 Å². The van der Waals surface area contributed by atoms with Gasteiger partial charge in [-0.2, -0.15) is 0 Å². The third kappa shape index (κ3) is 3.80. The molecule has 0 aliphatic carbocycles. The highest BCUT2D eigenvalue weighted by Gasteiger charge is 2.14. The van der Waals surface area contributed by atoms with Crippen LogP contribution in [0.3, 0.4) is 0 Å². The van der Waals surface area contributed by atoms with Gasteiger partial charge in [0.2, 0.25) is 0 Å². The van der Waals surface area contributed by atoms with Crippen molar-refractivity contribution in [3.63, 3.8) is 0 Å². The number of rotatable bonds is 4. The average molecular weight is 174 g/mol. The second-order valence-corrected chi connectivity index (χ2v) is 2.40. The van der Waals surface area contributed by atoms with E-state index in [-0.39, 0.29) is 12.6 Å². The van der Waals surface area contributed by atoms with Gasteiger partial charge in [0.25, 0.3) is 0 Å². The molecule has 0 rings (SSSR count). The van der Waals surface area contributed by atoms with E-state index in [2.05, 4.69) is 10.6 Å². The number of carboxylic acid groups (broad SMARTS) is 1. The zero-order valence-electron chi connectivity index (χ0n) is 7.26. The van der Waals surface area contributed by atoms with Crippen LogP contribution >= 0.6 is 0 Å². The van der Waals surface area contributed by atoms with Gasteiger partial charge in [-0.15, -0.1) is 0 Å². The fourth-order valence-corrected chi connectivity index (χ4v) is 0.711. The zero-order chi connectivity index (χ0) is 9.56. The van der Waals surface area contributed by atoms with Crippen LogP contribution in [0.1, 0.15) is 13.3 Å². The van der Waals surface area contributed by atoms with Crippen molar-refractivity contribution in [3.8, 4) is 0 Å². The number of aliphatic carboxylic acids is 1. The molecular formula is C7H14N2O3. The Kier molecular flexibility index (Phi) is 4.83. The Morgan fingerprint density at radius 3 is 2.42 bits per heavy atom. The maximum atomic E-state index is 10.6. The highest BCUT2D eigenvalue weighted by Crippen LogP contribution is 1.99. The highest BCUT2D eigenvalue weighted by molar-refractivity contribution is 5.75. The molecular weight excluding hydrogens is 160 g/mol. The molecule has 0 bridgehead atoms. The summed E-state index contributed by atoms with van der Waals surface area (Å²) < 4.78 is 0. The molecule has 1 atom stereocenters. The van der Waals surface area contributed by atoms with Crippen molar-refractivity contribution in [2.24, 2.45) is 5.92 Å². The zero-order valence-corrected chi connectivity index (χ0v) is 7.26. The number of carboxylic acids is 1. The maximum absolute atomic E-state index is 10.6. The van der Waals surface area contributed by atoms with Crippen molar-refractivity contribution in [1.82, 2.24) is 10.6 Å². The molecule has 0 aliphatic heterocycles. The normalized spacial score (nSPS) is 11.8. The summed E-state index contributed by atoms with van der Waals surface area (Å²) in [5, 5.41) is 13.4. The third-order valence-corrected chi connectivity index (χ3v) is 1.58. The SMILES string of the molecule is CCC(CNC(=O)NC)C(=O)O. The van der Waals surface area contributed by atoms with Gasteiger partial charge in [-0.05, 0) is 6.42 Å². The van der Waals surface area contributed by atoms with Gasteiger partial charge in [0.15, 0.2) is 0 Å². The van der Waals surface area contributed by atoms with Crippen LogP contribution in [0.4, 0.5) is 4.79 Å². The molecule has 0 radical (unpaired) electrons. The summed E-state index contributed by atoms with van der Waals surface area (Å²) in [6.07, 6.45) is 0.513. The highest BCUT2D eigenvalue weighted by atomic mass is 16.4. The summed E-state index contributed by atoms with van der Waals surface area (Å²) in [5.74, 6) is -1.38. The Morgan fingerprint density at radius 1 is 1.50 bits per heavy atom. The minimum absolute atomic E-state index is 0.172. The van der Waals surface area contributed by atoms with E-state index in [1.807, 2.05) is 0 Å². The lowest BCUT2D eigenvalue weighted by molar-refractivity contribution is -0.141. The lowest BCUT2D eigenvalue weighted by Crippen LogP contribution is -2.37. The van der Waals surface area contributed by atoms with Gasteiger partial charge >= 0.3 is 12.0 Å². The summed E-state index contributed by atoms with van der Waals surface area (Å²) in [4.78, 5) is 21.1. The van der Waals surface area contributed by atoms with Gasteiger partial charge in [-0.25, -0.2) is 4.79 Å². The van der Waals surface area contributed by atoms with E-state index in [0.29, 0.717) is 6.42 Å². The van der Waals surface area contributed by atoms with Crippen molar-refractivity contribution in [2.45, 2.75) is 13.3 Å². The maximum Gasteiger partial charge on any atom is 0.314 e. The van der Waals surface area contributed by atoms with Crippen LogP contribution in [0.2, 0.25) is 0 Å². The third-order valence-electron chi connectivity index (χ3n) is 1.58. The molecule has 0 fully saturated rings. The van der Waals surface area contributed by atoms with Crippen LogP contribution in [-0.2, 0) is 4.79 Å². The van der Waals surface area contributed by atoms with E-state index < -0.39 is 11.9 Å². The van der Waals surface area contributed by atoms with Crippen LogP contribution in [-0.4, -0.2) is 30.7 Å². The van der Waals surface area contributed by atoms with Crippen molar-refractivity contribution in [1.29, 1.82) is 0 Å². The number of amides is 2. The van der Waals surface area contributed by atoms with E-state index in [9.17, 15) is 9.59 Å². The molecule has 70 valence electrons. The van der Waals surface area contributed by atoms with Crippen LogP contribution < -0.4 is 10.6 Å². The molecule has 0 spiro atoms. The Hall–Kier alpha value is -1.26. The second kappa shape index (κ2) is 5.40. The predicted molar refractivity (Wildman–Crippen MR) is 43.9 cm³/mol. The number of urea groups is 1. The number of carbonyl (C=O) groups is 2. The number of nitrogens with one attached hydrogen (secondary N) is 2. The molecule has 0 aromatic carbocycles. The monoisotopic (exact) mass is 174 g/mol. The molecule has 0 aromatic heterocycles. The van der Waals surface area contributed by atoms with E-state index in [1.54, 1.807) is 6.92 Å². The van der Waals surface area contributed by atoms with Crippen LogP contribution in [0.15, 0.2) is 0 Å². The minimum Gasteiger partial charge on any atom is -0.481 e. The van der Waals surface area contributed by atoms with E-state index >= 15 is 0 Å². The molecule has 0 aromatic rings. The van der Waals surface area contributed by atoms with Crippen molar-refractivity contribution >= 4 is 12.0 Å². The molecule has 0 saturated carbocycles. The molecule has 1 unspecified atom stereocenters. The summed E-state index contributed by atoms with van der Waals surface area (Å²) in [6.45, 7) is 1.94. The van der Waals surface area contributed by atoms with Crippen LogP contribution in [0, 0.1) is 5.92 Å². The van der Waals surface area contributed by atoms with Gasteiger partial charge in [0, 0.05) is 13.6 Å². The summed E-state index contributed by atoms with van der Waals surface area (Å²) in [5.41, 5.74) is 0. The largest absolute Gasteiger partial charge is 0.481 e. The van der Waals surface area contributed by atoms with Crippen LogP contribution in [0.5, 0.6) is 0 Å². The van der Waals surface area contributed by atoms with Crippen molar-refractivity contribution in [3.05, 3.63) is 0 Å². The Morgan fingerprint density at radius 2 is 2.08 bits per heavy atom. The minimum atomic E-state index is -0.881. The van der Waals surface area contributed by atoms with Gasteiger partial charge in [-0.3, -0.25) is 4.79 Å². The Labute approximate surface area is 71.1 Å². The Bertz CT molecular complexity index is 170. The Balaban J connectivity index is 3.73. The molecule has 12 heavy (non-hydrogen) atoms. The van der Waals surface area contributed by atoms with Gasteiger partial charge in [0.1, 0.15) is 0 Å².